The molecule has 0 bridgehead atoms. The number of nitrogens with one attached hydrogen (secondary N) is 2. The van der Waals surface area contributed by atoms with E-state index in [-0.39, 0.29) is 17.3 Å². The average Bonchev–Trinajstić information content (AvgIpc) is 3.09. The smallest absolute Gasteiger partial charge is 0.408 e. The summed E-state index contributed by atoms with van der Waals surface area (Å²) < 4.78 is 47.3. The molecule has 10 heteroatoms. The minimum Gasteiger partial charge on any atom is -0.435 e. The number of carbonyl (C=O) groups is 2. The number of alkyl carbamates (subject to hydrolysis) is 1. The van der Waals surface area contributed by atoms with Crippen molar-refractivity contribution in [2.24, 2.45) is 0 Å². The molecule has 148 valence electrons. The van der Waals surface area contributed by atoms with Crippen LogP contribution in [0.3, 0.4) is 0 Å². The van der Waals surface area contributed by atoms with Crippen LogP contribution in [0.25, 0.3) is 0 Å². The lowest BCUT2D eigenvalue weighted by Gasteiger charge is -2.22. The van der Waals surface area contributed by atoms with Crippen molar-refractivity contribution in [2.75, 3.05) is 6.54 Å². The third-order valence-corrected chi connectivity index (χ3v) is 4.27. The SMILES string of the molecule is O=C1NC[C@@H](C(=O)N[C@H](c2ccc(OC(F)F)cc2)c2ccc(F)c(Cl)c2)O1. The van der Waals surface area contributed by atoms with Crippen molar-refractivity contribution in [1.82, 2.24) is 10.6 Å². The molecule has 1 heterocycles. The van der Waals surface area contributed by atoms with Crippen molar-refractivity contribution in [3.05, 3.63) is 64.4 Å². The Morgan fingerprint density at radius 3 is 2.46 bits per heavy atom. The lowest BCUT2D eigenvalue weighted by atomic mass is 9.98. The molecular weight excluding hydrogens is 401 g/mol. The summed E-state index contributed by atoms with van der Waals surface area (Å²) in [5, 5.41) is 4.91. The average molecular weight is 415 g/mol. The molecule has 2 aromatic carbocycles. The van der Waals surface area contributed by atoms with Crippen molar-refractivity contribution >= 4 is 23.6 Å². The first kappa shape index (κ1) is 19.8. The fourth-order valence-corrected chi connectivity index (χ4v) is 2.85. The predicted octanol–water partition coefficient (Wildman–Crippen LogP) is 3.39. The number of hydrogen-bond donors (Lipinski definition) is 2. The van der Waals surface area contributed by atoms with Gasteiger partial charge in [-0.25, -0.2) is 9.18 Å². The normalized spacial score (nSPS) is 17.0. The van der Waals surface area contributed by atoms with E-state index in [1.54, 1.807) is 0 Å². The molecular formula is C18H14ClF3N2O4. The van der Waals surface area contributed by atoms with E-state index in [0.717, 1.165) is 6.07 Å². The van der Waals surface area contributed by atoms with Crippen LogP contribution >= 0.6 is 11.6 Å². The van der Waals surface area contributed by atoms with E-state index in [9.17, 15) is 22.8 Å². The van der Waals surface area contributed by atoms with Crippen LogP contribution in [0.1, 0.15) is 17.2 Å². The first-order valence-electron chi connectivity index (χ1n) is 8.08. The van der Waals surface area contributed by atoms with Gasteiger partial charge in [0.05, 0.1) is 17.6 Å². The van der Waals surface area contributed by atoms with Gasteiger partial charge in [0.25, 0.3) is 5.91 Å². The van der Waals surface area contributed by atoms with Gasteiger partial charge in [0, 0.05) is 0 Å². The summed E-state index contributed by atoms with van der Waals surface area (Å²) in [6, 6.07) is 8.66. The molecule has 0 aromatic heterocycles. The quantitative estimate of drug-likeness (QED) is 0.759. The van der Waals surface area contributed by atoms with Crippen LogP contribution in [-0.2, 0) is 9.53 Å². The van der Waals surface area contributed by atoms with Crippen molar-refractivity contribution < 1.29 is 32.2 Å². The Morgan fingerprint density at radius 2 is 1.89 bits per heavy atom. The number of amides is 2. The number of alkyl halides is 2. The zero-order valence-electron chi connectivity index (χ0n) is 14.1. The monoisotopic (exact) mass is 414 g/mol. The molecule has 1 saturated heterocycles. The Balaban J connectivity index is 1.88. The molecule has 0 unspecified atom stereocenters. The van der Waals surface area contributed by atoms with E-state index >= 15 is 0 Å². The number of carbonyl (C=O) groups excluding carboxylic acids is 2. The van der Waals surface area contributed by atoms with Gasteiger partial charge in [-0.15, -0.1) is 0 Å². The maximum atomic E-state index is 13.5. The molecule has 0 spiro atoms. The highest BCUT2D eigenvalue weighted by Gasteiger charge is 2.31. The van der Waals surface area contributed by atoms with Gasteiger partial charge in [0.2, 0.25) is 0 Å². The van der Waals surface area contributed by atoms with E-state index in [1.807, 2.05) is 0 Å². The summed E-state index contributed by atoms with van der Waals surface area (Å²) in [5.41, 5.74) is 0.939. The van der Waals surface area contributed by atoms with Gasteiger partial charge in [-0.3, -0.25) is 4.79 Å². The Labute approximate surface area is 162 Å². The lowest BCUT2D eigenvalue weighted by Crippen LogP contribution is -2.39. The highest BCUT2D eigenvalue weighted by atomic mass is 35.5. The Kier molecular flexibility index (Phi) is 5.93. The standard InChI is InChI=1S/C18H14ClF3N2O4/c19-12-7-10(3-6-13(12)20)15(24-16(25)14-8-23-18(26)28-14)9-1-4-11(5-2-9)27-17(21)22/h1-7,14-15,17H,8H2,(H,23,26)(H,24,25)/t14-,15+/m0/s1. The maximum Gasteiger partial charge on any atom is 0.408 e. The molecule has 1 fully saturated rings. The number of hydrogen-bond acceptors (Lipinski definition) is 4. The Hall–Kier alpha value is -2.94. The molecule has 28 heavy (non-hydrogen) atoms. The third kappa shape index (κ3) is 4.66. The van der Waals surface area contributed by atoms with Crippen LogP contribution in [0, 0.1) is 5.82 Å². The highest BCUT2D eigenvalue weighted by molar-refractivity contribution is 6.30. The van der Waals surface area contributed by atoms with E-state index in [4.69, 9.17) is 16.3 Å². The van der Waals surface area contributed by atoms with Crippen LogP contribution in [0.4, 0.5) is 18.0 Å². The second kappa shape index (κ2) is 8.39. The topological polar surface area (TPSA) is 76.7 Å². The zero-order chi connectivity index (χ0) is 20.3. The molecule has 6 nitrogen and oxygen atoms in total. The number of halogens is 4. The second-order valence-corrected chi connectivity index (χ2v) is 6.24. The Bertz CT molecular complexity index is 880. The van der Waals surface area contributed by atoms with Gasteiger partial charge < -0.3 is 20.1 Å². The number of cyclic esters (lactones) is 1. The van der Waals surface area contributed by atoms with Gasteiger partial charge >= 0.3 is 12.7 Å². The molecule has 2 amide bonds. The van der Waals surface area contributed by atoms with Gasteiger partial charge in [0.15, 0.2) is 6.10 Å². The van der Waals surface area contributed by atoms with Gasteiger partial charge in [-0.05, 0) is 35.4 Å². The summed E-state index contributed by atoms with van der Waals surface area (Å²) >= 11 is 5.84. The zero-order valence-corrected chi connectivity index (χ0v) is 14.9. The Morgan fingerprint density at radius 1 is 1.21 bits per heavy atom. The number of benzene rings is 2. The maximum absolute atomic E-state index is 13.5. The van der Waals surface area contributed by atoms with E-state index in [1.165, 1.54) is 36.4 Å². The fraction of sp³-hybridized carbons (Fsp3) is 0.222. The van der Waals surface area contributed by atoms with Crippen LogP contribution in [0.5, 0.6) is 5.75 Å². The molecule has 0 radical (unpaired) electrons. The molecule has 1 aliphatic rings. The van der Waals surface area contributed by atoms with Gasteiger partial charge in [0.1, 0.15) is 11.6 Å². The molecule has 3 rings (SSSR count). The molecule has 2 atom stereocenters. The van der Waals surface area contributed by atoms with E-state index in [0.29, 0.717) is 11.1 Å². The minimum absolute atomic E-state index is 0.00271. The van der Waals surface area contributed by atoms with Crippen LogP contribution in [0.15, 0.2) is 42.5 Å². The lowest BCUT2D eigenvalue weighted by molar-refractivity contribution is -0.128. The van der Waals surface area contributed by atoms with Crippen molar-refractivity contribution in [2.45, 2.75) is 18.8 Å². The summed E-state index contributed by atoms with van der Waals surface area (Å²) in [6.07, 6.45) is -1.75. The first-order chi connectivity index (χ1) is 13.3. The summed E-state index contributed by atoms with van der Waals surface area (Å²) in [5.74, 6) is -1.28. The largest absolute Gasteiger partial charge is 0.435 e. The van der Waals surface area contributed by atoms with Crippen LogP contribution in [0.2, 0.25) is 5.02 Å². The third-order valence-electron chi connectivity index (χ3n) is 3.98. The highest BCUT2D eigenvalue weighted by Crippen LogP contribution is 2.28. The predicted molar refractivity (Wildman–Crippen MR) is 92.7 cm³/mol. The number of rotatable bonds is 6. The molecule has 2 aromatic rings. The van der Waals surface area contributed by atoms with Crippen molar-refractivity contribution in [1.29, 1.82) is 0 Å². The summed E-state index contributed by atoms with van der Waals surface area (Å²) in [7, 11) is 0. The number of ether oxygens (including phenoxy) is 2. The molecule has 0 aliphatic carbocycles. The van der Waals surface area contributed by atoms with Gasteiger partial charge in [-0.2, -0.15) is 8.78 Å². The molecule has 1 aliphatic heterocycles. The summed E-state index contributed by atoms with van der Waals surface area (Å²) in [4.78, 5) is 23.6. The van der Waals surface area contributed by atoms with E-state index < -0.39 is 36.6 Å². The second-order valence-electron chi connectivity index (χ2n) is 5.84. The fourth-order valence-electron chi connectivity index (χ4n) is 2.66. The molecule has 0 saturated carbocycles. The first-order valence-corrected chi connectivity index (χ1v) is 8.46. The van der Waals surface area contributed by atoms with E-state index in [2.05, 4.69) is 15.4 Å². The van der Waals surface area contributed by atoms with Crippen molar-refractivity contribution in [3.63, 3.8) is 0 Å². The summed E-state index contributed by atoms with van der Waals surface area (Å²) in [6.45, 7) is -2.97. The van der Waals surface area contributed by atoms with Crippen LogP contribution < -0.4 is 15.4 Å². The minimum atomic E-state index is -2.97. The molecule has 2 N–H and O–H groups in total. The van der Waals surface area contributed by atoms with Crippen molar-refractivity contribution in [3.8, 4) is 5.75 Å². The van der Waals surface area contributed by atoms with Crippen LogP contribution in [-0.4, -0.2) is 31.3 Å². The van der Waals surface area contributed by atoms with Gasteiger partial charge in [-0.1, -0.05) is 29.8 Å².